The third kappa shape index (κ3) is 6.03. The Labute approximate surface area is 147 Å². The Balaban J connectivity index is 2.17. The lowest BCUT2D eigenvalue weighted by Crippen LogP contribution is -2.45. The average molecular weight is 343 g/mol. The highest BCUT2D eigenvalue weighted by Crippen LogP contribution is 2.13. The monoisotopic (exact) mass is 343 g/mol. The first-order chi connectivity index (χ1) is 11.7. The summed E-state index contributed by atoms with van der Waals surface area (Å²) in [5, 5.41) is 2.71. The van der Waals surface area contributed by atoms with E-state index in [4.69, 9.17) is 4.74 Å². The summed E-state index contributed by atoms with van der Waals surface area (Å²) >= 11 is 0. The summed E-state index contributed by atoms with van der Waals surface area (Å²) < 4.78 is 18.5. The minimum absolute atomic E-state index is 0.216. The van der Waals surface area contributed by atoms with Crippen LogP contribution in [0.1, 0.15) is 36.7 Å². The number of carbonyl (C=O) groups excluding carboxylic acids is 2. The molecule has 1 atom stereocenters. The largest absolute Gasteiger partial charge is 0.458 e. The maximum Gasteiger partial charge on any atom is 0.329 e. The van der Waals surface area contributed by atoms with Crippen molar-refractivity contribution < 1.29 is 18.7 Å². The lowest BCUT2D eigenvalue weighted by atomic mass is 10.0. The van der Waals surface area contributed by atoms with E-state index in [2.05, 4.69) is 5.32 Å². The summed E-state index contributed by atoms with van der Waals surface area (Å²) in [6.45, 7) is 5.29. The standard InChI is InChI=1S/C20H22FNO3/c1-20(2,3)25-19(24)17(13-14-9-11-16(21)12-10-14)22-18(23)15-7-5-4-6-8-15/h4-12,17H,13H2,1-3H3,(H,22,23). The van der Waals surface area contributed by atoms with Gasteiger partial charge in [0.25, 0.3) is 5.91 Å². The minimum atomic E-state index is -0.864. The molecule has 2 aromatic rings. The van der Waals surface area contributed by atoms with Gasteiger partial charge in [-0.05, 0) is 50.6 Å². The van der Waals surface area contributed by atoms with Gasteiger partial charge in [0.1, 0.15) is 17.5 Å². The average Bonchev–Trinajstić information content (AvgIpc) is 2.55. The van der Waals surface area contributed by atoms with Crippen LogP contribution in [0.5, 0.6) is 0 Å². The molecular weight excluding hydrogens is 321 g/mol. The Morgan fingerprint density at radius 3 is 2.20 bits per heavy atom. The van der Waals surface area contributed by atoms with Crippen LogP contribution in [-0.2, 0) is 16.0 Å². The number of hydrogen-bond donors (Lipinski definition) is 1. The summed E-state index contributed by atoms with van der Waals surface area (Å²) in [6, 6.07) is 13.6. The van der Waals surface area contributed by atoms with E-state index in [1.807, 2.05) is 0 Å². The SMILES string of the molecule is CC(C)(C)OC(=O)C(Cc1ccc(F)cc1)NC(=O)c1ccccc1. The van der Waals surface area contributed by atoms with Crippen LogP contribution in [0.2, 0.25) is 0 Å². The number of halogens is 1. The van der Waals surface area contributed by atoms with Gasteiger partial charge in [0.2, 0.25) is 0 Å². The van der Waals surface area contributed by atoms with Crippen LogP contribution in [0.25, 0.3) is 0 Å². The van der Waals surface area contributed by atoms with Gasteiger partial charge in [-0.25, -0.2) is 9.18 Å². The first-order valence-electron chi connectivity index (χ1n) is 8.08. The van der Waals surface area contributed by atoms with Crippen molar-refractivity contribution in [1.82, 2.24) is 5.32 Å². The van der Waals surface area contributed by atoms with Gasteiger partial charge in [-0.2, -0.15) is 0 Å². The van der Waals surface area contributed by atoms with Crippen LogP contribution in [-0.4, -0.2) is 23.5 Å². The topological polar surface area (TPSA) is 55.4 Å². The highest BCUT2D eigenvalue weighted by Gasteiger charge is 2.27. The van der Waals surface area contributed by atoms with Crippen molar-refractivity contribution in [3.05, 3.63) is 71.5 Å². The van der Waals surface area contributed by atoms with Gasteiger partial charge in [-0.1, -0.05) is 30.3 Å². The number of carbonyl (C=O) groups is 2. The predicted molar refractivity (Wildman–Crippen MR) is 93.6 cm³/mol. The molecule has 25 heavy (non-hydrogen) atoms. The lowest BCUT2D eigenvalue weighted by Gasteiger charge is -2.24. The van der Waals surface area contributed by atoms with Crippen molar-refractivity contribution >= 4 is 11.9 Å². The highest BCUT2D eigenvalue weighted by molar-refractivity contribution is 5.96. The van der Waals surface area contributed by atoms with Gasteiger partial charge in [0.05, 0.1) is 0 Å². The quantitative estimate of drug-likeness (QED) is 0.845. The zero-order valence-corrected chi connectivity index (χ0v) is 14.6. The van der Waals surface area contributed by atoms with E-state index in [9.17, 15) is 14.0 Å². The van der Waals surface area contributed by atoms with Gasteiger partial charge in [0, 0.05) is 12.0 Å². The van der Waals surface area contributed by atoms with E-state index < -0.39 is 17.6 Å². The normalized spacial score (nSPS) is 12.3. The molecule has 1 amide bonds. The molecule has 132 valence electrons. The van der Waals surface area contributed by atoms with E-state index in [0.717, 1.165) is 5.56 Å². The molecule has 1 unspecified atom stereocenters. The predicted octanol–water partition coefficient (Wildman–Crippen LogP) is 3.51. The summed E-state index contributed by atoms with van der Waals surface area (Å²) in [7, 11) is 0. The van der Waals surface area contributed by atoms with E-state index in [1.54, 1.807) is 63.2 Å². The summed E-state index contributed by atoms with van der Waals surface area (Å²) in [6.07, 6.45) is 0.216. The molecule has 0 aliphatic carbocycles. The number of amides is 1. The second kappa shape index (κ2) is 7.92. The fourth-order valence-corrected chi connectivity index (χ4v) is 2.25. The fraction of sp³-hybridized carbons (Fsp3) is 0.300. The Hall–Kier alpha value is -2.69. The van der Waals surface area contributed by atoms with E-state index >= 15 is 0 Å². The second-order valence-electron chi connectivity index (χ2n) is 6.76. The third-order valence-electron chi connectivity index (χ3n) is 3.39. The number of ether oxygens (including phenoxy) is 1. The van der Waals surface area contributed by atoms with Crippen LogP contribution in [0.15, 0.2) is 54.6 Å². The number of nitrogens with one attached hydrogen (secondary N) is 1. The molecule has 0 heterocycles. The van der Waals surface area contributed by atoms with Crippen LogP contribution >= 0.6 is 0 Å². The third-order valence-corrected chi connectivity index (χ3v) is 3.39. The Bertz CT molecular complexity index is 721. The molecule has 0 bridgehead atoms. The molecule has 0 spiro atoms. The molecule has 0 aliphatic heterocycles. The maximum atomic E-state index is 13.1. The summed E-state index contributed by atoms with van der Waals surface area (Å²) in [4.78, 5) is 24.9. The molecule has 2 rings (SSSR count). The minimum Gasteiger partial charge on any atom is -0.458 e. The van der Waals surface area contributed by atoms with Gasteiger partial charge < -0.3 is 10.1 Å². The first-order valence-corrected chi connectivity index (χ1v) is 8.08. The summed E-state index contributed by atoms with van der Waals surface area (Å²) in [5.74, 6) is -1.24. The number of rotatable bonds is 5. The van der Waals surface area contributed by atoms with Crippen LogP contribution in [0.3, 0.4) is 0 Å². The Morgan fingerprint density at radius 2 is 1.64 bits per heavy atom. The molecule has 0 fully saturated rings. The van der Waals surface area contributed by atoms with Crippen LogP contribution < -0.4 is 5.32 Å². The van der Waals surface area contributed by atoms with Crippen molar-refractivity contribution in [3.63, 3.8) is 0 Å². The second-order valence-corrected chi connectivity index (χ2v) is 6.76. The molecule has 0 saturated carbocycles. The fourth-order valence-electron chi connectivity index (χ4n) is 2.25. The summed E-state index contributed by atoms with van der Waals surface area (Å²) in [5.41, 5.74) is 0.510. The highest BCUT2D eigenvalue weighted by atomic mass is 19.1. The van der Waals surface area contributed by atoms with Crippen LogP contribution in [0, 0.1) is 5.82 Å². The van der Waals surface area contributed by atoms with E-state index in [1.165, 1.54) is 12.1 Å². The van der Waals surface area contributed by atoms with Crippen molar-refractivity contribution in [3.8, 4) is 0 Å². The Kier molecular flexibility index (Phi) is 5.91. The van der Waals surface area contributed by atoms with E-state index in [-0.39, 0.29) is 18.1 Å². The molecule has 0 aliphatic rings. The molecule has 5 heteroatoms. The molecule has 4 nitrogen and oxygen atoms in total. The smallest absolute Gasteiger partial charge is 0.329 e. The first kappa shape index (κ1) is 18.6. The maximum absolute atomic E-state index is 13.1. The van der Waals surface area contributed by atoms with E-state index in [0.29, 0.717) is 5.56 Å². The van der Waals surface area contributed by atoms with Crippen molar-refractivity contribution in [1.29, 1.82) is 0 Å². The zero-order chi connectivity index (χ0) is 18.4. The molecule has 2 aromatic carbocycles. The number of hydrogen-bond acceptors (Lipinski definition) is 3. The lowest BCUT2D eigenvalue weighted by molar-refractivity contribution is -0.157. The van der Waals surface area contributed by atoms with Crippen molar-refractivity contribution in [2.45, 2.75) is 38.8 Å². The van der Waals surface area contributed by atoms with Gasteiger partial charge >= 0.3 is 5.97 Å². The molecule has 1 N–H and O–H groups in total. The number of esters is 1. The van der Waals surface area contributed by atoms with Gasteiger partial charge in [0.15, 0.2) is 0 Å². The van der Waals surface area contributed by atoms with Gasteiger partial charge in [-0.3, -0.25) is 4.79 Å². The molecule has 0 radical (unpaired) electrons. The van der Waals surface area contributed by atoms with Crippen LogP contribution in [0.4, 0.5) is 4.39 Å². The molecule has 0 aromatic heterocycles. The molecular formula is C20H22FNO3. The molecule has 0 saturated heterocycles. The van der Waals surface area contributed by atoms with Crippen molar-refractivity contribution in [2.75, 3.05) is 0 Å². The number of benzene rings is 2. The zero-order valence-electron chi connectivity index (χ0n) is 14.6. The Morgan fingerprint density at radius 1 is 1.04 bits per heavy atom. The van der Waals surface area contributed by atoms with Gasteiger partial charge in [-0.15, -0.1) is 0 Å². The van der Waals surface area contributed by atoms with Crippen molar-refractivity contribution in [2.24, 2.45) is 0 Å².